The maximum atomic E-state index is 12.2. The number of rotatable bonds is 3. The van der Waals surface area contributed by atoms with Gasteiger partial charge in [-0.25, -0.2) is 0 Å². The number of carbonyl (C=O) groups is 1. The summed E-state index contributed by atoms with van der Waals surface area (Å²) < 4.78 is 1.64. The monoisotopic (exact) mass is 258 g/mol. The zero-order chi connectivity index (χ0) is 14.0. The molecule has 5 heteroatoms. The highest BCUT2D eigenvalue weighted by molar-refractivity contribution is 6.04. The Bertz CT molecular complexity index is 616. The van der Waals surface area contributed by atoms with Gasteiger partial charge in [0.2, 0.25) is 0 Å². The van der Waals surface area contributed by atoms with E-state index in [4.69, 9.17) is 5.73 Å². The molecule has 1 aromatic heterocycles. The average Bonchev–Trinajstić information content (AvgIpc) is 2.72. The minimum Gasteiger partial charge on any atom is -0.326 e. The number of benzene rings is 1. The van der Waals surface area contributed by atoms with Gasteiger partial charge >= 0.3 is 0 Å². The number of aromatic nitrogens is 2. The molecular weight excluding hydrogens is 240 g/mol. The Morgan fingerprint density at radius 3 is 2.74 bits per heavy atom. The molecule has 2 rings (SSSR count). The molecule has 0 radical (unpaired) electrons. The Labute approximate surface area is 112 Å². The Kier molecular flexibility index (Phi) is 3.66. The Morgan fingerprint density at radius 2 is 2.11 bits per heavy atom. The first-order valence-corrected chi connectivity index (χ1v) is 6.12. The molecule has 0 spiro atoms. The van der Waals surface area contributed by atoms with Gasteiger partial charge in [0, 0.05) is 30.9 Å². The number of carbonyl (C=O) groups excluding carboxylic acids is 1. The van der Waals surface area contributed by atoms with Crippen LogP contribution in [-0.4, -0.2) is 15.7 Å². The van der Waals surface area contributed by atoms with Gasteiger partial charge in [-0.05, 0) is 37.1 Å². The fourth-order valence-electron chi connectivity index (χ4n) is 1.85. The second kappa shape index (κ2) is 5.24. The van der Waals surface area contributed by atoms with Crippen LogP contribution in [0.15, 0.2) is 24.4 Å². The van der Waals surface area contributed by atoms with Crippen molar-refractivity contribution >= 4 is 11.7 Å². The quantitative estimate of drug-likeness (QED) is 0.881. The summed E-state index contributed by atoms with van der Waals surface area (Å²) in [7, 11) is 1.80. The molecule has 0 aliphatic carbocycles. The van der Waals surface area contributed by atoms with Gasteiger partial charge in [-0.3, -0.25) is 9.48 Å². The van der Waals surface area contributed by atoms with Crippen molar-refractivity contribution in [2.24, 2.45) is 12.8 Å². The van der Waals surface area contributed by atoms with E-state index in [0.29, 0.717) is 17.9 Å². The van der Waals surface area contributed by atoms with Crippen LogP contribution in [0.4, 0.5) is 5.82 Å². The standard InChI is InChI=1S/C14H18N4O/c1-9-4-5-11(6-10(9)2)14(19)16-13-12(7-15)8-18(3)17-13/h4-6,8H,7,15H2,1-3H3,(H,16,17,19). The minimum absolute atomic E-state index is 0.170. The lowest BCUT2D eigenvalue weighted by molar-refractivity contribution is 0.102. The number of nitrogens with two attached hydrogens (primary N) is 1. The van der Waals surface area contributed by atoms with Gasteiger partial charge in [-0.15, -0.1) is 0 Å². The van der Waals surface area contributed by atoms with Crippen LogP contribution in [0.1, 0.15) is 27.0 Å². The maximum Gasteiger partial charge on any atom is 0.256 e. The number of aryl methyl sites for hydroxylation is 3. The molecule has 1 heterocycles. The van der Waals surface area contributed by atoms with Crippen molar-refractivity contribution in [3.05, 3.63) is 46.6 Å². The highest BCUT2D eigenvalue weighted by Crippen LogP contribution is 2.15. The summed E-state index contributed by atoms with van der Waals surface area (Å²) in [5, 5.41) is 6.99. The molecule has 0 saturated heterocycles. The SMILES string of the molecule is Cc1ccc(C(=O)Nc2nn(C)cc2CN)cc1C. The van der Waals surface area contributed by atoms with E-state index in [1.165, 1.54) is 0 Å². The predicted octanol–water partition coefficient (Wildman–Crippen LogP) is 1.75. The molecule has 0 aliphatic heterocycles. The summed E-state index contributed by atoms with van der Waals surface area (Å²) in [5.74, 6) is 0.352. The molecule has 0 aliphatic rings. The maximum absolute atomic E-state index is 12.2. The van der Waals surface area contributed by atoms with Gasteiger partial charge in [0.15, 0.2) is 5.82 Å². The molecule has 100 valence electrons. The van der Waals surface area contributed by atoms with Gasteiger partial charge in [0.25, 0.3) is 5.91 Å². The molecule has 3 N–H and O–H groups in total. The molecule has 0 atom stereocenters. The molecular formula is C14H18N4O. The first kappa shape index (κ1) is 13.3. The van der Waals surface area contributed by atoms with Crippen LogP contribution in [0, 0.1) is 13.8 Å². The van der Waals surface area contributed by atoms with Crippen LogP contribution >= 0.6 is 0 Å². The molecule has 1 amide bonds. The van der Waals surface area contributed by atoms with Gasteiger partial charge in [0.05, 0.1) is 0 Å². The highest BCUT2D eigenvalue weighted by Gasteiger charge is 2.12. The summed E-state index contributed by atoms with van der Waals surface area (Å²) >= 11 is 0. The zero-order valence-electron chi connectivity index (χ0n) is 11.4. The number of amides is 1. The van der Waals surface area contributed by atoms with Gasteiger partial charge in [-0.2, -0.15) is 5.10 Å². The molecule has 0 bridgehead atoms. The third-order valence-corrected chi connectivity index (χ3v) is 3.13. The minimum atomic E-state index is -0.170. The summed E-state index contributed by atoms with van der Waals surface area (Å²) in [4.78, 5) is 12.2. The molecule has 1 aromatic carbocycles. The molecule has 5 nitrogen and oxygen atoms in total. The van der Waals surface area contributed by atoms with E-state index in [2.05, 4.69) is 10.4 Å². The van der Waals surface area contributed by atoms with E-state index < -0.39 is 0 Å². The molecule has 0 unspecified atom stereocenters. The van der Waals surface area contributed by atoms with E-state index in [1.807, 2.05) is 32.0 Å². The molecule has 19 heavy (non-hydrogen) atoms. The van der Waals surface area contributed by atoms with E-state index >= 15 is 0 Å². The lowest BCUT2D eigenvalue weighted by atomic mass is 10.1. The number of hydrogen-bond acceptors (Lipinski definition) is 3. The summed E-state index contributed by atoms with van der Waals surface area (Å²) in [6.45, 7) is 4.34. The fraction of sp³-hybridized carbons (Fsp3) is 0.286. The summed E-state index contributed by atoms with van der Waals surface area (Å²) in [6.07, 6.45) is 1.80. The van der Waals surface area contributed by atoms with Crippen molar-refractivity contribution in [2.75, 3.05) is 5.32 Å². The van der Waals surface area contributed by atoms with Crippen LogP contribution in [0.5, 0.6) is 0 Å². The van der Waals surface area contributed by atoms with E-state index in [0.717, 1.165) is 16.7 Å². The van der Waals surface area contributed by atoms with Crippen molar-refractivity contribution in [3.8, 4) is 0 Å². The molecule has 0 fully saturated rings. The Morgan fingerprint density at radius 1 is 1.37 bits per heavy atom. The lowest BCUT2D eigenvalue weighted by Crippen LogP contribution is -2.14. The third-order valence-electron chi connectivity index (χ3n) is 3.13. The van der Waals surface area contributed by atoms with Crippen molar-refractivity contribution in [2.45, 2.75) is 20.4 Å². The number of nitrogens with one attached hydrogen (secondary N) is 1. The highest BCUT2D eigenvalue weighted by atomic mass is 16.1. The van der Waals surface area contributed by atoms with Crippen LogP contribution in [0.3, 0.4) is 0 Å². The summed E-state index contributed by atoms with van der Waals surface area (Å²) in [6, 6.07) is 5.62. The first-order valence-electron chi connectivity index (χ1n) is 6.12. The third kappa shape index (κ3) is 2.82. The van der Waals surface area contributed by atoms with Crippen molar-refractivity contribution in [1.82, 2.24) is 9.78 Å². The van der Waals surface area contributed by atoms with Crippen LogP contribution in [0.25, 0.3) is 0 Å². The normalized spacial score (nSPS) is 10.5. The predicted molar refractivity (Wildman–Crippen MR) is 75.0 cm³/mol. The number of hydrogen-bond donors (Lipinski definition) is 2. The van der Waals surface area contributed by atoms with E-state index in [-0.39, 0.29) is 5.91 Å². The second-order valence-corrected chi connectivity index (χ2v) is 4.63. The van der Waals surface area contributed by atoms with Crippen LogP contribution in [-0.2, 0) is 13.6 Å². The van der Waals surface area contributed by atoms with Gasteiger partial charge < -0.3 is 11.1 Å². The van der Waals surface area contributed by atoms with Crippen molar-refractivity contribution in [3.63, 3.8) is 0 Å². The number of anilines is 1. The van der Waals surface area contributed by atoms with Crippen molar-refractivity contribution in [1.29, 1.82) is 0 Å². The number of nitrogens with zero attached hydrogens (tertiary/aromatic N) is 2. The Balaban J connectivity index is 2.22. The Hall–Kier alpha value is -2.14. The largest absolute Gasteiger partial charge is 0.326 e. The smallest absolute Gasteiger partial charge is 0.256 e. The first-order chi connectivity index (χ1) is 9.01. The van der Waals surface area contributed by atoms with Gasteiger partial charge in [0.1, 0.15) is 0 Å². The van der Waals surface area contributed by atoms with Gasteiger partial charge in [-0.1, -0.05) is 6.07 Å². The fourth-order valence-corrected chi connectivity index (χ4v) is 1.85. The molecule has 2 aromatic rings. The second-order valence-electron chi connectivity index (χ2n) is 4.63. The topological polar surface area (TPSA) is 72.9 Å². The van der Waals surface area contributed by atoms with Crippen LogP contribution in [0.2, 0.25) is 0 Å². The van der Waals surface area contributed by atoms with E-state index in [9.17, 15) is 4.79 Å². The van der Waals surface area contributed by atoms with Crippen molar-refractivity contribution < 1.29 is 4.79 Å². The zero-order valence-corrected chi connectivity index (χ0v) is 11.4. The van der Waals surface area contributed by atoms with E-state index in [1.54, 1.807) is 17.9 Å². The van der Waals surface area contributed by atoms with Crippen LogP contribution < -0.4 is 11.1 Å². The molecule has 0 saturated carbocycles. The summed E-state index contributed by atoms with van der Waals surface area (Å²) in [5.41, 5.74) is 9.31. The lowest BCUT2D eigenvalue weighted by Gasteiger charge is -2.06. The average molecular weight is 258 g/mol.